The molecule has 0 unspecified atom stereocenters. The fraction of sp³-hybridized carbons (Fsp3) is 0.364. The number of ether oxygens (including phenoxy) is 1. The van der Waals surface area contributed by atoms with Crippen LogP contribution in [-0.2, 0) is 9.53 Å². The lowest BCUT2D eigenvalue weighted by Crippen LogP contribution is -2.24. The second-order valence-electron chi connectivity index (χ2n) is 3.51. The van der Waals surface area contributed by atoms with Crippen LogP contribution in [0.3, 0.4) is 0 Å². The monoisotopic (exact) mass is 227 g/mol. The molecule has 0 spiro atoms. The molecule has 1 rings (SSSR count). The van der Waals surface area contributed by atoms with Gasteiger partial charge in [-0.15, -0.1) is 0 Å². The van der Waals surface area contributed by atoms with Gasteiger partial charge < -0.3 is 15.2 Å². The predicted octanol–water partition coefficient (Wildman–Crippen LogP) is 1.75. The summed E-state index contributed by atoms with van der Waals surface area (Å²) in [7, 11) is 1.49. The molecule has 1 atom stereocenters. The molecule has 1 aromatic rings. The van der Waals surface area contributed by atoms with Crippen molar-refractivity contribution in [3.8, 4) is 5.75 Å². The molecule has 0 saturated carbocycles. The number of methoxy groups -OCH3 is 1. The summed E-state index contributed by atoms with van der Waals surface area (Å²) in [5.74, 6) is -1.54. The molecule has 1 aromatic carbocycles. The molecule has 0 radical (unpaired) electrons. The standard InChI is InChI=1S/C11H14FNO3/c1-7(6-16-2)11(15)13-10-4-3-8(14)5-9(10)12/h3-5,7,14H,6H2,1-2H3,(H,13,15)/t7-/m1/s1. The Morgan fingerprint density at radius 3 is 2.88 bits per heavy atom. The highest BCUT2D eigenvalue weighted by Gasteiger charge is 2.14. The van der Waals surface area contributed by atoms with Crippen molar-refractivity contribution >= 4 is 11.6 Å². The summed E-state index contributed by atoms with van der Waals surface area (Å²) in [6, 6.07) is 3.55. The topological polar surface area (TPSA) is 58.6 Å². The van der Waals surface area contributed by atoms with Crippen LogP contribution in [0.5, 0.6) is 5.75 Å². The van der Waals surface area contributed by atoms with Crippen LogP contribution in [0.1, 0.15) is 6.92 Å². The lowest BCUT2D eigenvalue weighted by Gasteiger charge is -2.11. The summed E-state index contributed by atoms with van der Waals surface area (Å²) in [6.07, 6.45) is 0. The maximum Gasteiger partial charge on any atom is 0.229 e. The Bertz CT molecular complexity index is 381. The van der Waals surface area contributed by atoms with Crippen LogP contribution >= 0.6 is 0 Å². The SMILES string of the molecule is COC[C@@H](C)C(=O)Nc1ccc(O)cc1F. The minimum Gasteiger partial charge on any atom is -0.508 e. The van der Waals surface area contributed by atoms with Gasteiger partial charge in [0.1, 0.15) is 11.6 Å². The van der Waals surface area contributed by atoms with Crippen molar-refractivity contribution in [2.45, 2.75) is 6.92 Å². The number of rotatable bonds is 4. The highest BCUT2D eigenvalue weighted by atomic mass is 19.1. The Balaban J connectivity index is 2.69. The number of aromatic hydroxyl groups is 1. The summed E-state index contributed by atoms with van der Waals surface area (Å²) >= 11 is 0. The third-order valence-electron chi connectivity index (χ3n) is 2.07. The van der Waals surface area contributed by atoms with Gasteiger partial charge in [-0.3, -0.25) is 4.79 Å². The molecule has 0 aliphatic heterocycles. The van der Waals surface area contributed by atoms with E-state index >= 15 is 0 Å². The Hall–Kier alpha value is -1.62. The fourth-order valence-corrected chi connectivity index (χ4v) is 1.19. The molecule has 0 bridgehead atoms. The van der Waals surface area contributed by atoms with E-state index in [1.54, 1.807) is 6.92 Å². The smallest absolute Gasteiger partial charge is 0.229 e. The second kappa shape index (κ2) is 5.46. The van der Waals surface area contributed by atoms with Gasteiger partial charge in [-0.2, -0.15) is 0 Å². The van der Waals surface area contributed by atoms with Gasteiger partial charge in [0.2, 0.25) is 5.91 Å². The molecule has 2 N–H and O–H groups in total. The van der Waals surface area contributed by atoms with Crippen LogP contribution in [0.2, 0.25) is 0 Å². The molecule has 1 amide bonds. The Morgan fingerprint density at radius 1 is 1.62 bits per heavy atom. The van der Waals surface area contributed by atoms with Crippen molar-refractivity contribution in [3.63, 3.8) is 0 Å². The number of amides is 1. The number of nitrogens with one attached hydrogen (secondary N) is 1. The van der Waals surface area contributed by atoms with Crippen molar-refractivity contribution < 1.29 is 19.0 Å². The minimum absolute atomic E-state index is 0.0470. The Labute approximate surface area is 93.0 Å². The first kappa shape index (κ1) is 12.4. The molecule has 4 nitrogen and oxygen atoms in total. The highest BCUT2D eigenvalue weighted by molar-refractivity contribution is 5.92. The van der Waals surface area contributed by atoms with Crippen LogP contribution in [0.25, 0.3) is 0 Å². The van der Waals surface area contributed by atoms with Crippen LogP contribution < -0.4 is 5.32 Å². The number of carbonyl (C=O) groups excluding carboxylic acids is 1. The number of phenolic OH excluding ortho intramolecular Hbond substituents is 1. The molecule has 16 heavy (non-hydrogen) atoms. The van der Waals surface area contributed by atoms with Crippen LogP contribution in [-0.4, -0.2) is 24.7 Å². The quantitative estimate of drug-likeness (QED) is 0.770. The van der Waals surface area contributed by atoms with E-state index in [1.165, 1.54) is 19.2 Å². The summed E-state index contributed by atoms with van der Waals surface area (Å²) < 4.78 is 18.1. The first-order valence-electron chi connectivity index (χ1n) is 4.83. The average molecular weight is 227 g/mol. The summed E-state index contributed by atoms with van der Waals surface area (Å²) in [4.78, 5) is 11.5. The van der Waals surface area contributed by atoms with Gasteiger partial charge >= 0.3 is 0 Å². The molecule has 0 aliphatic rings. The predicted molar refractivity (Wildman–Crippen MR) is 57.7 cm³/mol. The van der Waals surface area contributed by atoms with E-state index in [-0.39, 0.29) is 29.9 Å². The molecule has 88 valence electrons. The Morgan fingerprint density at radius 2 is 2.31 bits per heavy atom. The number of carbonyl (C=O) groups is 1. The fourth-order valence-electron chi connectivity index (χ4n) is 1.19. The number of hydrogen-bond acceptors (Lipinski definition) is 3. The molecular formula is C11H14FNO3. The van der Waals surface area contributed by atoms with E-state index in [0.29, 0.717) is 0 Å². The van der Waals surface area contributed by atoms with E-state index in [9.17, 15) is 9.18 Å². The van der Waals surface area contributed by atoms with Crippen LogP contribution in [0.15, 0.2) is 18.2 Å². The van der Waals surface area contributed by atoms with Gasteiger partial charge in [-0.1, -0.05) is 6.92 Å². The summed E-state index contributed by atoms with van der Waals surface area (Å²) in [6.45, 7) is 1.95. The van der Waals surface area contributed by atoms with Gasteiger partial charge in [0.05, 0.1) is 18.2 Å². The van der Waals surface area contributed by atoms with E-state index in [4.69, 9.17) is 9.84 Å². The molecule has 0 aromatic heterocycles. The zero-order valence-electron chi connectivity index (χ0n) is 9.16. The first-order valence-corrected chi connectivity index (χ1v) is 4.83. The van der Waals surface area contributed by atoms with Crippen molar-refractivity contribution in [3.05, 3.63) is 24.0 Å². The molecule has 5 heteroatoms. The lowest BCUT2D eigenvalue weighted by molar-refractivity contribution is -0.120. The van der Waals surface area contributed by atoms with Gasteiger partial charge in [0, 0.05) is 13.2 Å². The number of benzene rings is 1. The maximum atomic E-state index is 13.3. The van der Waals surface area contributed by atoms with Crippen LogP contribution in [0.4, 0.5) is 10.1 Å². The average Bonchev–Trinajstić information content (AvgIpc) is 2.22. The van der Waals surface area contributed by atoms with E-state index in [2.05, 4.69) is 5.32 Å². The molecule has 0 heterocycles. The van der Waals surface area contributed by atoms with Crippen molar-refractivity contribution in [2.75, 3.05) is 19.0 Å². The first-order chi connectivity index (χ1) is 7.54. The van der Waals surface area contributed by atoms with E-state index < -0.39 is 5.82 Å². The maximum absolute atomic E-state index is 13.3. The minimum atomic E-state index is -0.669. The number of anilines is 1. The zero-order valence-corrected chi connectivity index (χ0v) is 9.16. The second-order valence-corrected chi connectivity index (χ2v) is 3.51. The Kier molecular flexibility index (Phi) is 4.25. The lowest BCUT2D eigenvalue weighted by atomic mass is 10.2. The van der Waals surface area contributed by atoms with Crippen molar-refractivity contribution in [2.24, 2.45) is 5.92 Å². The zero-order chi connectivity index (χ0) is 12.1. The number of hydrogen-bond donors (Lipinski definition) is 2. The third kappa shape index (κ3) is 3.20. The molecule has 0 saturated heterocycles. The van der Waals surface area contributed by atoms with Gasteiger partial charge in [0.25, 0.3) is 0 Å². The normalized spacial score (nSPS) is 12.2. The van der Waals surface area contributed by atoms with Gasteiger partial charge in [-0.05, 0) is 12.1 Å². The van der Waals surface area contributed by atoms with E-state index in [0.717, 1.165) is 6.07 Å². The van der Waals surface area contributed by atoms with Crippen molar-refractivity contribution in [1.82, 2.24) is 0 Å². The molecule has 0 aliphatic carbocycles. The highest BCUT2D eigenvalue weighted by Crippen LogP contribution is 2.19. The molecular weight excluding hydrogens is 213 g/mol. The summed E-state index contributed by atoms with van der Waals surface area (Å²) in [5.41, 5.74) is 0.0470. The largest absolute Gasteiger partial charge is 0.508 e. The van der Waals surface area contributed by atoms with Gasteiger partial charge in [0.15, 0.2) is 0 Å². The van der Waals surface area contributed by atoms with Crippen molar-refractivity contribution in [1.29, 1.82) is 0 Å². The van der Waals surface area contributed by atoms with Crippen LogP contribution in [0, 0.1) is 11.7 Å². The third-order valence-corrected chi connectivity index (χ3v) is 2.07. The summed E-state index contributed by atoms with van der Waals surface area (Å²) in [5, 5.41) is 11.4. The molecule has 0 fully saturated rings. The van der Waals surface area contributed by atoms with Gasteiger partial charge in [-0.25, -0.2) is 4.39 Å². The van der Waals surface area contributed by atoms with E-state index in [1.807, 2.05) is 0 Å². The number of phenols is 1. The number of halogens is 1.